The number of thioether (sulfide) groups is 1. The lowest BCUT2D eigenvalue weighted by atomic mass is 9.74. The van der Waals surface area contributed by atoms with Crippen LogP contribution in [0.1, 0.15) is 66.8 Å². The summed E-state index contributed by atoms with van der Waals surface area (Å²) in [6.45, 7) is 5.92. The molecule has 2 fully saturated rings. The zero-order chi connectivity index (χ0) is 28.8. The van der Waals surface area contributed by atoms with E-state index in [0.717, 1.165) is 72.7 Å². The van der Waals surface area contributed by atoms with Crippen LogP contribution in [0.3, 0.4) is 0 Å². The Hall–Kier alpha value is -3.45. The summed E-state index contributed by atoms with van der Waals surface area (Å²) >= 11 is 1.90. The van der Waals surface area contributed by atoms with Crippen LogP contribution in [0.25, 0.3) is 0 Å². The number of rotatable bonds is 7. The van der Waals surface area contributed by atoms with Gasteiger partial charge < -0.3 is 15.3 Å². The van der Waals surface area contributed by atoms with Crippen molar-refractivity contribution in [2.75, 3.05) is 29.5 Å². The minimum absolute atomic E-state index is 0.0480. The number of nitrogens with one attached hydrogen (secondary N) is 1. The predicted octanol–water partition coefficient (Wildman–Crippen LogP) is 7.03. The molecule has 1 aliphatic carbocycles. The number of phenolic OH excluding ortho intramolecular Hbond substituents is 1. The third-order valence-corrected chi connectivity index (χ3v) is 9.39. The lowest BCUT2D eigenvalue weighted by Crippen LogP contribution is -2.46. The summed E-state index contributed by atoms with van der Waals surface area (Å²) in [5, 5.41) is 13.6. The highest BCUT2D eigenvalue weighted by Crippen LogP contribution is 2.39. The summed E-state index contributed by atoms with van der Waals surface area (Å²) < 4.78 is 0. The number of aryl methyl sites for hydroxylation is 1. The Balaban J connectivity index is 1.29. The molecule has 0 aromatic heterocycles. The second-order valence-electron chi connectivity index (χ2n) is 11.3. The van der Waals surface area contributed by atoms with Gasteiger partial charge in [0.1, 0.15) is 5.75 Å². The zero-order valence-corrected chi connectivity index (χ0v) is 24.9. The molecule has 1 unspecified atom stereocenters. The topological polar surface area (TPSA) is 72.9 Å². The van der Waals surface area contributed by atoms with Crippen LogP contribution in [-0.4, -0.2) is 46.5 Å². The quantitative estimate of drug-likeness (QED) is 0.319. The van der Waals surface area contributed by atoms with Crippen LogP contribution in [0.5, 0.6) is 5.75 Å². The molecule has 3 aromatic carbocycles. The number of phenols is 1. The molecule has 41 heavy (non-hydrogen) atoms. The fraction of sp³-hybridized carbons (Fsp3) is 0.412. The van der Waals surface area contributed by atoms with Crippen LogP contribution >= 0.6 is 11.8 Å². The Labute approximate surface area is 248 Å². The van der Waals surface area contributed by atoms with Crippen LogP contribution in [0, 0.1) is 12.8 Å². The van der Waals surface area contributed by atoms with Crippen molar-refractivity contribution in [3.8, 4) is 5.75 Å². The highest BCUT2D eigenvalue weighted by molar-refractivity contribution is 7.99. The number of para-hydroxylation sites is 1. The van der Waals surface area contributed by atoms with Crippen molar-refractivity contribution in [2.45, 2.75) is 58.0 Å². The molecule has 1 saturated heterocycles. The fourth-order valence-electron chi connectivity index (χ4n) is 6.12. The first-order valence-electron chi connectivity index (χ1n) is 14.8. The summed E-state index contributed by atoms with van der Waals surface area (Å²) in [5.74, 6) is 2.26. The number of carbonyl (C=O) groups is 2. The van der Waals surface area contributed by atoms with Crippen LogP contribution in [0.2, 0.25) is 0 Å². The summed E-state index contributed by atoms with van der Waals surface area (Å²) in [6, 6.07) is 23.8. The molecule has 6 nitrogen and oxygen atoms in total. The molecule has 216 valence electrons. The van der Waals surface area contributed by atoms with Crippen molar-refractivity contribution in [2.24, 2.45) is 5.92 Å². The van der Waals surface area contributed by atoms with Gasteiger partial charge in [0.15, 0.2) is 0 Å². The normalized spacial score (nSPS) is 19.8. The molecule has 3 amide bonds. The van der Waals surface area contributed by atoms with Gasteiger partial charge in [0.25, 0.3) is 0 Å². The third-order valence-electron chi connectivity index (χ3n) is 8.44. The molecule has 0 bridgehead atoms. The number of hydrogen-bond donors (Lipinski definition) is 2. The van der Waals surface area contributed by atoms with Gasteiger partial charge in [-0.05, 0) is 67.5 Å². The molecule has 7 heteroatoms. The van der Waals surface area contributed by atoms with E-state index in [1.54, 1.807) is 6.07 Å². The number of hydrogen-bond acceptors (Lipinski definition) is 4. The van der Waals surface area contributed by atoms with Gasteiger partial charge in [-0.3, -0.25) is 9.69 Å². The first kappa shape index (κ1) is 29.1. The number of nitrogens with zero attached hydrogens (tertiary/aromatic N) is 2. The number of aromatic hydroxyl groups is 1. The monoisotopic (exact) mass is 571 g/mol. The maximum Gasteiger partial charge on any atom is 0.324 e. The van der Waals surface area contributed by atoms with Crippen LogP contribution < -0.4 is 10.2 Å². The lowest BCUT2D eigenvalue weighted by molar-refractivity contribution is -0.127. The van der Waals surface area contributed by atoms with Gasteiger partial charge in [-0.15, -0.1) is 0 Å². The highest BCUT2D eigenvalue weighted by atomic mass is 32.2. The number of carbonyl (C=O) groups excluding carboxylic acids is 2. The molecular weight excluding hydrogens is 530 g/mol. The van der Waals surface area contributed by atoms with E-state index in [4.69, 9.17) is 0 Å². The molecule has 1 saturated carbocycles. The average Bonchev–Trinajstić information content (AvgIpc) is 3.00. The molecular formula is C34H41N3O3S. The number of anilines is 1. The van der Waals surface area contributed by atoms with Gasteiger partial charge in [0.2, 0.25) is 5.91 Å². The van der Waals surface area contributed by atoms with Gasteiger partial charge in [-0.1, -0.05) is 67.4 Å². The highest BCUT2D eigenvalue weighted by Gasteiger charge is 2.33. The van der Waals surface area contributed by atoms with E-state index < -0.39 is 0 Å². The lowest BCUT2D eigenvalue weighted by Gasteiger charge is -2.33. The average molecular weight is 572 g/mol. The summed E-state index contributed by atoms with van der Waals surface area (Å²) in [4.78, 5) is 30.9. The first-order chi connectivity index (χ1) is 19.9. The van der Waals surface area contributed by atoms with E-state index >= 15 is 0 Å². The smallest absolute Gasteiger partial charge is 0.324 e. The minimum atomic E-state index is -0.270. The van der Waals surface area contributed by atoms with Crippen LogP contribution in [-0.2, 0) is 11.3 Å². The molecule has 2 aliphatic rings. The van der Waals surface area contributed by atoms with Crippen molar-refractivity contribution in [1.29, 1.82) is 0 Å². The molecule has 0 radical (unpaired) electrons. The molecule has 3 atom stereocenters. The maximum atomic E-state index is 13.5. The van der Waals surface area contributed by atoms with E-state index in [-0.39, 0.29) is 35.6 Å². The largest absolute Gasteiger partial charge is 0.508 e. The predicted molar refractivity (Wildman–Crippen MR) is 167 cm³/mol. The molecule has 5 rings (SSSR count). The van der Waals surface area contributed by atoms with E-state index in [0.29, 0.717) is 6.54 Å². The van der Waals surface area contributed by atoms with Crippen molar-refractivity contribution >= 4 is 29.4 Å². The Morgan fingerprint density at radius 3 is 2.41 bits per heavy atom. The van der Waals surface area contributed by atoms with Gasteiger partial charge in [-0.2, -0.15) is 11.8 Å². The van der Waals surface area contributed by atoms with Gasteiger partial charge in [0.05, 0.1) is 12.6 Å². The van der Waals surface area contributed by atoms with E-state index in [1.165, 1.54) is 5.56 Å². The Kier molecular flexibility index (Phi) is 9.55. The second-order valence-corrected chi connectivity index (χ2v) is 12.6. The van der Waals surface area contributed by atoms with Gasteiger partial charge in [-0.25, -0.2) is 4.79 Å². The molecule has 2 N–H and O–H groups in total. The van der Waals surface area contributed by atoms with E-state index in [1.807, 2.05) is 77.9 Å². The van der Waals surface area contributed by atoms with Gasteiger partial charge >= 0.3 is 6.03 Å². The second kappa shape index (κ2) is 13.5. The Morgan fingerprint density at radius 1 is 1.00 bits per heavy atom. The standard InChI is InChI=1S/C34H41N3O3S/c1-24-12-17-29(32(38)22-24)25(2)35-33(39)31-11-7-6-10-30(31)27-15-13-26(14-16-27)23-37(28-8-4-3-5-9-28)34(40)36-18-20-41-21-19-36/h3-5,8-9,12-17,22,25,30-31,38H,6-7,10-11,18-21,23H2,1-2H3,(H,35,39)/t25?,30-,31+/m1/s1. The zero-order valence-electron chi connectivity index (χ0n) is 24.1. The van der Waals surface area contributed by atoms with Crippen molar-refractivity contribution in [1.82, 2.24) is 10.2 Å². The van der Waals surface area contributed by atoms with E-state index in [2.05, 4.69) is 29.6 Å². The van der Waals surface area contributed by atoms with Crippen molar-refractivity contribution in [3.63, 3.8) is 0 Å². The number of urea groups is 1. The van der Waals surface area contributed by atoms with Crippen molar-refractivity contribution in [3.05, 3.63) is 95.1 Å². The van der Waals surface area contributed by atoms with Crippen LogP contribution in [0.15, 0.2) is 72.8 Å². The SMILES string of the molecule is Cc1ccc(C(C)NC(=O)[C@H]2CCCC[C@@H]2c2ccc(CN(C(=O)N3CCSCC3)c3ccccc3)cc2)c(O)c1. The minimum Gasteiger partial charge on any atom is -0.508 e. The number of amides is 3. The fourth-order valence-corrected chi connectivity index (χ4v) is 7.02. The molecule has 1 heterocycles. The Morgan fingerprint density at radius 2 is 1.71 bits per heavy atom. The molecule has 0 spiro atoms. The van der Waals surface area contributed by atoms with E-state index in [9.17, 15) is 14.7 Å². The van der Waals surface area contributed by atoms with Gasteiger partial charge in [0, 0.05) is 41.8 Å². The molecule has 3 aromatic rings. The maximum absolute atomic E-state index is 13.5. The summed E-state index contributed by atoms with van der Waals surface area (Å²) in [7, 11) is 0. The number of benzene rings is 3. The first-order valence-corrected chi connectivity index (χ1v) is 15.9. The van der Waals surface area contributed by atoms with Crippen LogP contribution in [0.4, 0.5) is 10.5 Å². The van der Waals surface area contributed by atoms with Crippen molar-refractivity contribution < 1.29 is 14.7 Å². The summed E-state index contributed by atoms with van der Waals surface area (Å²) in [6.07, 6.45) is 3.98. The summed E-state index contributed by atoms with van der Waals surface area (Å²) in [5.41, 5.74) is 4.86. The Bertz CT molecular complexity index is 1320. The molecule has 1 aliphatic heterocycles. The third kappa shape index (κ3) is 7.07.